The molecule has 4 rings (SSSR count). The molecule has 2 aliphatic heterocycles. The van der Waals surface area contributed by atoms with E-state index in [0.717, 1.165) is 61.3 Å². The van der Waals surface area contributed by atoms with Crippen LogP contribution in [0.3, 0.4) is 0 Å². The Morgan fingerprint density at radius 1 is 1.14 bits per heavy atom. The number of hydrogen-bond donors (Lipinski definition) is 2. The van der Waals surface area contributed by atoms with Crippen LogP contribution in [0.4, 0.5) is 0 Å². The van der Waals surface area contributed by atoms with E-state index in [-0.39, 0.29) is 11.5 Å². The van der Waals surface area contributed by atoms with Gasteiger partial charge in [0, 0.05) is 50.6 Å². The van der Waals surface area contributed by atoms with Crippen LogP contribution in [-0.4, -0.2) is 46.6 Å². The maximum atomic E-state index is 12.4. The van der Waals surface area contributed by atoms with Gasteiger partial charge < -0.3 is 19.9 Å². The molecule has 0 unspecified atom stereocenters. The Bertz CT molecular complexity index is 1280. The highest BCUT2D eigenvalue weighted by atomic mass is 16.4. The number of carboxylic acid groups (broad SMARTS) is 1. The van der Waals surface area contributed by atoms with Gasteiger partial charge in [-0.1, -0.05) is 58.4 Å². The number of aromatic carboxylic acids is 1. The topological polar surface area (TPSA) is 91.6 Å². The molecule has 0 radical (unpaired) electrons. The largest absolute Gasteiger partial charge is 0.477 e. The summed E-state index contributed by atoms with van der Waals surface area (Å²) < 4.78 is 1.89. The number of carbonyl (C=O) groups is 2. The Morgan fingerprint density at radius 3 is 2.30 bits per heavy atom. The summed E-state index contributed by atoms with van der Waals surface area (Å²) in [6.45, 7) is 15.2. The maximum Gasteiger partial charge on any atom is 0.341 e. The van der Waals surface area contributed by atoms with E-state index in [1.165, 1.54) is 28.6 Å². The molecule has 2 N–H and O–H groups in total. The molecule has 37 heavy (non-hydrogen) atoms. The van der Waals surface area contributed by atoms with Crippen LogP contribution in [0.25, 0.3) is 11.3 Å². The first kappa shape index (κ1) is 29.9. The zero-order valence-corrected chi connectivity index (χ0v) is 23.5. The van der Waals surface area contributed by atoms with Crippen molar-refractivity contribution in [2.75, 3.05) is 20.1 Å². The zero-order chi connectivity index (χ0) is 27.7. The Balaban J connectivity index is 0.000000403. The Kier molecular flexibility index (Phi) is 11.2. The molecule has 1 fully saturated rings. The summed E-state index contributed by atoms with van der Waals surface area (Å²) in [5.41, 5.74) is 3.72. The average Bonchev–Trinajstić information content (AvgIpc) is 3.33. The van der Waals surface area contributed by atoms with Crippen LogP contribution < -0.4 is 21.2 Å². The number of amides is 1. The fraction of sp³-hybridized carbons (Fsp3) is 0.500. The highest BCUT2D eigenvalue weighted by Crippen LogP contribution is 2.19. The lowest BCUT2D eigenvalue weighted by molar-refractivity contribution is -0.119. The minimum absolute atomic E-state index is 0.179. The summed E-state index contributed by atoms with van der Waals surface area (Å²) >= 11 is 0. The molecule has 7 nitrogen and oxygen atoms in total. The van der Waals surface area contributed by atoms with Crippen LogP contribution in [0.5, 0.6) is 0 Å². The first-order valence-electron chi connectivity index (χ1n) is 13.3. The molecule has 0 atom stereocenters. The Labute approximate surface area is 220 Å². The van der Waals surface area contributed by atoms with E-state index in [1.807, 2.05) is 11.6 Å². The number of carbonyl (C=O) groups excluding carboxylic acids is 1. The average molecular weight is 510 g/mol. The minimum atomic E-state index is -1.18. The van der Waals surface area contributed by atoms with E-state index in [4.69, 9.17) is 0 Å². The van der Waals surface area contributed by atoms with Gasteiger partial charge in [-0.3, -0.25) is 9.59 Å². The summed E-state index contributed by atoms with van der Waals surface area (Å²) in [5, 5.41) is 14.3. The highest BCUT2D eigenvalue weighted by Gasteiger charge is 2.22. The quantitative estimate of drug-likeness (QED) is 0.662. The van der Waals surface area contributed by atoms with Crippen molar-refractivity contribution < 1.29 is 14.7 Å². The molecule has 0 aliphatic carbocycles. The SMILES string of the molecule is CC(C)C.CCC(C)=c1c(CC)ccc/c1=C1\c2cc(=O)c(C(=O)O)cn2CCN1C.O=C1CCCN1. The Morgan fingerprint density at radius 2 is 1.81 bits per heavy atom. The number of rotatable bonds is 3. The van der Waals surface area contributed by atoms with Gasteiger partial charge in [-0.2, -0.15) is 0 Å². The Hall–Kier alpha value is -3.35. The van der Waals surface area contributed by atoms with Crippen molar-refractivity contribution in [3.05, 3.63) is 67.9 Å². The second-order valence-electron chi connectivity index (χ2n) is 10.2. The minimum Gasteiger partial charge on any atom is -0.477 e. The van der Waals surface area contributed by atoms with Crippen molar-refractivity contribution in [1.29, 1.82) is 0 Å². The van der Waals surface area contributed by atoms with Crippen molar-refractivity contribution in [2.45, 2.75) is 73.8 Å². The number of likely N-dealkylation sites (N-methyl/N-ethyl adjacent to an activating group) is 1. The number of nitrogens with one attached hydrogen (secondary N) is 1. The number of benzene rings is 1. The number of fused-ring (bicyclic) bond motifs is 1. The van der Waals surface area contributed by atoms with E-state index < -0.39 is 11.4 Å². The maximum absolute atomic E-state index is 12.4. The molecule has 2 aromatic rings. The van der Waals surface area contributed by atoms with E-state index >= 15 is 0 Å². The van der Waals surface area contributed by atoms with Crippen molar-refractivity contribution >= 4 is 23.1 Å². The standard InChI is InChI=1S/C22H26N2O3.C4H7NO.C4H10/c1-5-14(3)20-15(6-2)8-7-9-16(20)21-18-12-19(25)17(22(26)27)13-24(18)11-10-23(21)4;6-4-2-1-3-5-4;1-4(2)3/h7-9,12-13H,5-6,10-11H2,1-4H3,(H,26,27);1-3H2,(H,5,6);4H,1-3H3/b20-14?,21-16-;;. The second-order valence-corrected chi connectivity index (χ2v) is 10.2. The van der Waals surface area contributed by atoms with Gasteiger partial charge in [0.2, 0.25) is 5.91 Å². The monoisotopic (exact) mass is 509 g/mol. The smallest absolute Gasteiger partial charge is 0.341 e. The van der Waals surface area contributed by atoms with Crippen molar-refractivity contribution in [2.24, 2.45) is 5.92 Å². The van der Waals surface area contributed by atoms with E-state index in [9.17, 15) is 19.5 Å². The number of nitrogens with zero attached hydrogens (tertiary/aromatic N) is 2. The van der Waals surface area contributed by atoms with Crippen LogP contribution in [0.2, 0.25) is 0 Å². The van der Waals surface area contributed by atoms with Gasteiger partial charge in [-0.25, -0.2) is 4.79 Å². The predicted molar refractivity (Wildman–Crippen MR) is 150 cm³/mol. The molecule has 1 aromatic heterocycles. The van der Waals surface area contributed by atoms with Gasteiger partial charge >= 0.3 is 5.97 Å². The molecule has 0 bridgehead atoms. The molecular formula is C30H43N3O4. The molecular weight excluding hydrogens is 466 g/mol. The molecule has 202 valence electrons. The van der Waals surface area contributed by atoms with Gasteiger partial charge in [0.05, 0.1) is 11.4 Å². The van der Waals surface area contributed by atoms with Crippen LogP contribution >= 0.6 is 0 Å². The second kappa shape index (κ2) is 13.8. The summed E-state index contributed by atoms with van der Waals surface area (Å²) in [5.74, 6) is -0.144. The number of pyridine rings is 1. The highest BCUT2D eigenvalue weighted by molar-refractivity contribution is 5.87. The number of aryl methyl sites for hydroxylation is 1. The van der Waals surface area contributed by atoms with Gasteiger partial charge in [0.1, 0.15) is 5.56 Å². The van der Waals surface area contributed by atoms with Gasteiger partial charge in [-0.05, 0) is 42.9 Å². The first-order chi connectivity index (χ1) is 17.5. The normalized spacial score (nSPS) is 16.6. The molecule has 7 heteroatoms. The molecule has 2 aliphatic rings. The van der Waals surface area contributed by atoms with Crippen LogP contribution in [0, 0.1) is 5.92 Å². The summed E-state index contributed by atoms with van der Waals surface area (Å²) in [6.07, 6.45) is 5.12. The van der Waals surface area contributed by atoms with Crippen molar-refractivity contribution in [3.63, 3.8) is 0 Å². The fourth-order valence-corrected chi connectivity index (χ4v) is 4.37. The lowest BCUT2D eigenvalue weighted by Crippen LogP contribution is -2.41. The summed E-state index contributed by atoms with van der Waals surface area (Å²) in [6, 6.07) is 7.79. The van der Waals surface area contributed by atoms with E-state index in [0.29, 0.717) is 6.54 Å². The third-order valence-electron chi connectivity index (χ3n) is 6.31. The number of carboxylic acids is 1. The van der Waals surface area contributed by atoms with Crippen molar-refractivity contribution in [3.8, 4) is 0 Å². The molecule has 1 saturated heterocycles. The van der Waals surface area contributed by atoms with Gasteiger partial charge in [0.15, 0.2) is 5.43 Å². The molecule has 1 amide bonds. The van der Waals surface area contributed by atoms with Crippen LogP contribution in [0.1, 0.15) is 82.4 Å². The number of aromatic nitrogens is 1. The summed E-state index contributed by atoms with van der Waals surface area (Å²) in [7, 11) is 2.03. The van der Waals surface area contributed by atoms with E-state index in [2.05, 4.69) is 70.0 Å². The van der Waals surface area contributed by atoms with Crippen LogP contribution in [-0.2, 0) is 17.8 Å². The van der Waals surface area contributed by atoms with Crippen molar-refractivity contribution in [1.82, 2.24) is 14.8 Å². The number of hydrogen-bond acceptors (Lipinski definition) is 4. The first-order valence-corrected chi connectivity index (χ1v) is 13.3. The van der Waals surface area contributed by atoms with Crippen LogP contribution in [0.15, 0.2) is 35.3 Å². The fourth-order valence-electron chi connectivity index (χ4n) is 4.37. The van der Waals surface area contributed by atoms with Gasteiger partial charge in [0.25, 0.3) is 0 Å². The molecule has 3 heterocycles. The molecule has 0 saturated carbocycles. The van der Waals surface area contributed by atoms with E-state index in [1.54, 1.807) is 0 Å². The lowest BCUT2D eigenvalue weighted by Gasteiger charge is -2.32. The predicted octanol–water partition coefficient (Wildman–Crippen LogP) is 3.35. The zero-order valence-electron chi connectivity index (χ0n) is 23.5. The summed E-state index contributed by atoms with van der Waals surface area (Å²) in [4.78, 5) is 36.0. The van der Waals surface area contributed by atoms with Gasteiger partial charge in [-0.15, -0.1) is 0 Å². The third kappa shape index (κ3) is 7.81. The molecule has 0 spiro atoms. The lowest BCUT2D eigenvalue weighted by atomic mass is 9.99. The molecule has 1 aromatic carbocycles. The third-order valence-corrected chi connectivity index (χ3v) is 6.31.